The zero-order chi connectivity index (χ0) is 14.7. The van der Waals surface area contributed by atoms with E-state index in [-0.39, 0.29) is 1.43 Å². The maximum absolute atomic E-state index is 8.52. The highest BCUT2D eigenvalue weighted by Crippen LogP contribution is 2.12. The zero-order valence-corrected chi connectivity index (χ0v) is 13.0. The zero-order valence-electron chi connectivity index (χ0n) is 13.1. The smallest absolute Gasteiger partial charge is 0.759 e. The van der Waals surface area contributed by atoms with Gasteiger partial charge in [-0.25, -0.2) is 0 Å². The lowest BCUT2D eigenvalue weighted by molar-refractivity contribution is -0.928. The molecule has 0 saturated carbocycles. The number of quaternary nitrogens is 1. The molecule has 0 bridgehead atoms. The van der Waals surface area contributed by atoms with Crippen molar-refractivity contribution in [2.24, 2.45) is 0 Å². The van der Waals surface area contributed by atoms with E-state index in [0.717, 1.165) is 0 Å². The molecule has 0 aliphatic heterocycles. The van der Waals surface area contributed by atoms with Crippen LogP contribution in [0.5, 0.6) is 0 Å². The Kier molecular flexibility index (Phi) is 12.0. The minimum atomic E-state index is -5.17. The lowest BCUT2D eigenvalue weighted by Gasteiger charge is -2.38. The van der Waals surface area contributed by atoms with Gasteiger partial charge in [0.05, 0.1) is 26.2 Å². The summed E-state index contributed by atoms with van der Waals surface area (Å²) in [4.78, 5) is 0. The molecule has 0 aromatic rings. The van der Waals surface area contributed by atoms with E-state index >= 15 is 0 Å². The van der Waals surface area contributed by atoms with Gasteiger partial charge in [-0.1, -0.05) is 27.7 Å². The van der Waals surface area contributed by atoms with Crippen molar-refractivity contribution in [3.63, 3.8) is 0 Å². The van der Waals surface area contributed by atoms with Crippen LogP contribution in [0.1, 0.15) is 54.8 Å². The van der Waals surface area contributed by atoms with E-state index in [1.165, 1.54) is 56.3 Å². The van der Waals surface area contributed by atoms with Crippen LogP contribution in [-0.4, -0.2) is 48.2 Å². The summed E-state index contributed by atoms with van der Waals surface area (Å²) in [5, 5.41) is 0. The highest BCUT2D eigenvalue weighted by molar-refractivity contribution is 7.79. The van der Waals surface area contributed by atoms with Crippen molar-refractivity contribution in [2.45, 2.75) is 53.4 Å². The number of hydrogen-bond acceptors (Lipinski definition) is 4. The lowest BCUT2D eigenvalue weighted by atomic mass is 10.2. The van der Waals surface area contributed by atoms with Gasteiger partial charge < -0.3 is 13.6 Å². The molecule has 0 amide bonds. The molecule has 0 unspecified atom stereocenters. The summed E-state index contributed by atoms with van der Waals surface area (Å²) >= 11 is 0. The van der Waals surface area contributed by atoms with Crippen LogP contribution >= 0.6 is 0 Å². The van der Waals surface area contributed by atoms with E-state index in [1.807, 2.05) is 0 Å². The van der Waals surface area contributed by atoms with Crippen LogP contribution in [0.15, 0.2) is 0 Å². The van der Waals surface area contributed by atoms with Gasteiger partial charge in [0, 0.05) is 10.4 Å². The molecular formula is C12H29NO4S. The van der Waals surface area contributed by atoms with Gasteiger partial charge in [-0.15, -0.1) is 0 Å². The van der Waals surface area contributed by atoms with Crippen molar-refractivity contribution < 1.29 is 23.4 Å². The third-order valence-corrected chi connectivity index (χ3v) is 2.79. The number of nitrogens with zero attached hydrogens (tertiary/aromatic N) is 1. The van der Waals surface area contributed by atoms with Gasteiger partial charge >= 0.3 is 1.43 Å². The Labute approximate surface area is 114 Å². The van der Waals surface area contributed by atoms with Crippen LogP contribution in [0.4, 0.5) is 0 Å². The molecule has 0 aliphatic rings. The third-order valence-electron chi connectivity index (χ3n) is 2.79. The van der Waals surface area contributed by atoms with Crippen LogP contribution in [0.3, 0.4) is 0 Å². The second-order valence-corrected chi connectivity index (χ2v) is 5.46. The molecule has 0 N–H and O–H groups in total. The molecule has 0 aromatic carbocycles. The summed E-state index contributed by atoms with van der Waals surface area (Å²) in [5.74, 6) is 0. The van der Waals surface area contributed by atoms with Crippen LogP contribution in [-0.2, 0) is 10.4 Å². The van der Waals surface area contributed by atoms with E-state index in [0.29, 0.717) is 0 Å². The van der Waals surface area contributed by atoms with E-state index < -0.39 is 10.4 Å². The van der Waals surface area contributed by atoms with Gasteiger partial charge in [0.25, 0.3) is 0 Å². The van der Waals surface area contributed by atoms with E-state index in [4.69, 9.17) is 17.5 Å². The topological polar surface area (TPSA) is 80.3 Å². The van der Waals surface area contributed by atoms with E-state index in [2.05, 4.69) is 27.7 Å². The van der Waals surface area contributed by atoms with Crippen molar-refractivity contribution in [3.8, 4) is 0 Å². The maximum Gasteiger partial charge on any atom is 1.00 e. The summed E-state index contributed by atoms with van der Waals surface area (Å²) in [6.07, 6.45) is 5.33. The molecule has 0 radical (unpaired) electrons. The lowest BCUT2D eigenvalue weighted by Crippen LogP contribution is -2.50. The molecule has 0 spiro atoms. The molecule has 0 heterocycles. The molecule has 0 rings (SSSR count). The van der Waals surface area contributed by atoms with E-state index in [1.54, 1.807) is 0 Å². The summed E-state index contributed by atoms with van der Waals surface area (Å²) in [5.41, 5.74) is 0. The molecule has 112 valence electrons. The van der Waals surface area contributed by atoms with Crippen molar-refractivity contribution >= 4 is 10.4 Å². The molecule has 6 heteroatoms. The largest absolute Gasteiger partial charge is 1.00 e. The fraction of sp³-hybridized carbons (Fsp3) is 1.00. The first-order valence-electron chi connectivity index (χ1n) is 6.76. The fourth-order valence-electron chi connectivity index (χ4n) is 2.57. The first kappa shape index (κ1) is 20.2. The van der Waals surface area contributed by atoms with Crippen LogP contribution in [0.2, 0.25) is 0 Å². The van der Waals surface area contributed by atoms with Crippen molar-refractivity contribution in [3.05, 3.63) is 0 Å². The normalized spacial score (nSPS) is 11.9. The Balaban J connectivity index is -0.000000366. The Hall–Kier alpha value is -0.170. The quantitative estimate of drug-likeness (QED) is 0.388. The summed E-state index contributed by atoms with van der Waals surface area (Å²) in [6.45, 7) is 14.8. The second kappa shape index (κ2) is 10.7. The molecule has 0 aliphatic carbocycles. The Morgan fingerprint density at radius 1 is 0.778 bits per heavy atom. The molecule has 0 saturated heterocycles. The van der Waals surface area contributed by atoms with Crippen LogP contribution < -0.4 is 0 Å². The Morgan fingerprint density at radius 3 is 1.06 bits per heavy atom. The molecule has 18 heavy (non-hydrogen) atoms. The first-order chi connectivity index (χ1) is 8.24. The second-order valence-electron chi connectivity index (χ2n) is 4.64. The van der Waals surface area contributed by atoms with Gasteiger partial charge in [-0.2, -0.15) is 0 Å². The average molecular weight is 283 g/mol. The predicted octanol–water partition coefficient (Wildman–Crippen LogP) is 2.22. The van der Waals surface area contributed by atoms with Gasteiger partial charge in [0.15, 0.2) is 0 Å². The van der Waals surface area contributed by atoms with Gasteiger partial charge in [0.1, 0.15) is 0 Å². The highest BCUT2D eigenvalue weighted by Gasteiger charge is 2.22. The monoisotopic (exact) mass is 283 g/mol. The summed E-state index contributed by atoms with van der Waals surface area (Å²) < 4.78 is 35.5. The minimum Gasteiger partial charge on any atom is -0.759 e. The maximum atomic E-state index is 8.52. The van der Waals surface area contributed by atoms with Gasteiger partial charge in [-0.05, 0) is 25.7 Å². The van der Waals surface area contributed by atoms with E-state index in [9.17, 15) is 0 Å². The van der Waals surface area contributed by atoms with Crippen LogP contribution in [0, 0.1) is 0 Å². The Bertz CT molecular complexity index is 246. The Morgan fingerprint density at radius 2 is 0.944 bits per heavy atom. The molecule has 0 fully saturated rings. The average Bonchev–Trinajstić information content (AvgIpc) is 2.16. The minimum absolute atomic E-state index is 0. The molecule has 5 nitrogen and oxygen atoms in total. The highest BCUT2D eigenvalue weighted by atomic mass is 32.3. The van der Waals surface area contributed by atoms with Gasteiger partial charge in [-0.3, -0.25) is 8.42 Å². The van der Waals surface area contributed by atoms with Crippen molar-refractivity contribution in [1.82, 2.24) is 0 Å². The van der Waals surface area contributed by atoms with Crippen molar-refractivity contribution in [1.29, 1.82) is 0 Å². The summed E-state index contributed by atoms with van der Waals surface area (Å²) in [7, 11) is -5.17. The first-order valence-corrected chi connectivity index (χ1v) is 8.09. The third kappa shape index (κ3) is 13.9. The molecule has 0 atom stereocenters. The fourth-order valence-corrected chi connectivity index (χ4v) is 2.57. The standard InChI is InChI=1S/C12H28N.H2O4S/c1-5-9-13(10-6-2,11-7-3)12-8-4;1-5(2,3)4/h5-12H2,1-4H3;(H2,1,2,3,4)/q+1;/p-1. The van der Waals surface area contributed by atoms with Crippen LogP contribution in [0.25, 0.3) is 0 Å². The summed E-state index contributed by atoms with van der Waals surface area (Å²) in [6, 6.07) is 0. The predicted molar refractivity (Wildman–Crippen MR) is 72.5 cm³/mol. The van der Waals surface area contributed by atoms with Gasteiger partial charge in [0.2, 0.25) is 0 Å². The molecule has 0 aromatic heterocycles. The molecular weight excluding hydrogens is 254 g/mol. The van der Waals surface area contributed by atoms with Crippen molar-refractivity contribution in [2.75, 3.05) is 26.2 Å². The SMILES string of the molecule is CCC[N+](CCC)(CCC)CCC.O=S(=O)([O-])[O-].[H+]. The number of hydrogen-bond donors (Lipinski definition) is 0. The number of rotatable bonds is 8.